The fourth-order valence-corrected chi connectivity index (χ4v) is 2.64. The zero-order chi connectivity index (χ0) is 15.8. The van der Waals surface area contributed by atoms with Gasteiger partial charge in [0.05, 0.1) is 0 Å². The van der Waals surface area contributed by atoms with Crippen LogP contribution in [0.25, 0.3) is 0 Å². The molecule has 2 unspecified atom stereocenters. The maximum atomic E-state index is 12.3. The second-order valence-corrected chi connectivity index (χ2v) is 5.49. The Morgan fingerprint density at radius 1 is 1.29 bits per heavy atom. The Morgan fingerprint density at radius 2 is 2.00 bits per heavy atom. The summed E-state index contributed by atoms with van der Waals surface area (Å²) in [4.78, 5) is 37.0. The second-order valence-electron chi connectivity index (χ2n) is 5.49. The van der Waals surface area contributed by atoms with E-state index in [1.54, 1.807) is 11.8 Å². The fraction of sp³-hybridized carbons (Fsp3) is 0.800. The third kappa shape index (κ3) is 5.02. The first kappa shape index (κ1) is 17.5. The first-order valence-electron chi connectivity index (χ1n) is 7.83. The van der Waals surface area contributed by atoms with Crippen molar-refractivity contribution in [2.75, 3.05) is 6.54 Å². The van der Waals surface area contributed by atoms with E-state index >= 15 is 0 Å². The molecule has 0 aromatic heterocycles. The Balaban J connectivity index is 2.69. The van der Waals surface area contributed by atoms with Gasteiger partial charge in [0.2, 0.25) is 11.8 Å². The van der Waals surface area contributed by atoms with Gasteiger partial charge in [-0.05, 0) is 25.7 Å². The molecule has 6 nitrogen and oxygen atoms in total. The predicted octanol–water partition coefficient (Wildman–Crippen LogP) is 1.54. The van der Waals surface area contributed by atoms with Crippen LogP contribution in [0.3, 0.4) is 0 Å². The first-order chi connectivity index (χ1) is 10.0. The summed E-state index contributed by atoms with van der Waals surface area (Å²) in [6.45, 7) is 4.33. The zero-order valence-corrected chi connectivity index (χ0v) is 12.9. The van der Waals surface area contributed by atoms with Crippen molar-refractivity contribution in [1.29, 1.82) is 0 Å². The van der Waals surface area contributed by atoms with Crippen molar-refractivity contribution in [3.8, 4) is 0 Å². The number of hydrogen-bond donors (Lipinski definition) is 2. The Hall–Kier alpha value is -1.59. The van der Waals surface area contributed by atoms with Crippen molar-refractivity contribution in [2.24, 2.45) is 0 Å². The summed E-state index contributed by atoms with van der Waals surface area (Å²) in [6.07, 6.45) is 4.81. The number of likely N-dealkylation sites (tertiary alicyclic amines) is 1. The van der Waals surface area contributed by atoms with E-state index < -0.39 is 18.1 Å². The average Bonchev–Trinajstić information content (AvgIpc) is 2.50. The van der Waals surface area contributed by atoms with E-state index in [1.165, 1.54) is 0 Å². The molecule has 1 heterocycles. The SMILES string of the molecule is CCCCC(NC(=O)C1CCCCN1C(=O)CC)C(=O)O. The first-order valence-corrected chi connectivity index (χ1v) is 7.83. The van der Waals surface area contributed by atoms with Crippen LogP contribution in [0.2, 0.25) is 0 Å². The highest BCUT2D eigenvalue weighted by molar-refractivity contribution is 5.90. The van der Waals surface area contributed by atoms with Gasteiger partial charge in [0.25, 0.3) is 0 Å². The monoisotopic (exact) mass is 298 g/mol. The second kappa shape index (κ2) is 8.64. The van der Waals surface area contributed by atoms with Crippen molar-refractivity contribution in [3.63, 3.8) is 0 Å². The quantitative estimate of drug-likeness (QED) is 0.746. The molecule has 2 N–H and O–H groups in total. The number of aliphatic carboxylic acids is 1. The van der Waals surface area contributed by atoms with Crippen molar-refractivity contribution < 1.29 is 19.5 Å². The zero-order valence-electron chi connectivity index (χ0n) is 12.9. The molecule has 2 atom stereocenters. The smallest absolute Gasteiger partial charge is 0.326 e. The van der Waals surface area contributed by atoms with Gasteiger partial charge in [-0.25, -0.2) is 4.79 Å². The molecule has 0 aliphatic carbocycles. The minimum Gasteiger partial charge on any atom is -0.480 e. The van der Waals surface area contributed by atoms with Gasteiger partial charge in [-0.1, -0.05) is 26.7 Å². The molecule has 0 radical (unpaired) electrons. The number of unbranched alkanes of at least 4 members (excludes halogenated alkanes) is 1. The number of rotatable bonds is 7. The lowest BCUT2D eigenvalue weighted by molar-refractivity contribution is -0.145. The van der Waals surface area contributed by atoms with Crippen LogP contribution >= 0.6 is 0 Å². The molecule has 1 aliphatic heterocycles. The van der Waals surface area contributed by atoms with Crippen molar-refractivity contribution in [2.45, 2.75) is 70.9 Å². The Labute approximate surface area is 125 Å². The Kier molecular flexibility index (Phi) is 7.19. The number of amides is 2. The van der Waals surface area contributed by atoms with E-state index in [0.29, 0.717) is 25.8 Å². The minimum atomic E-state index is -1.01. The van der Waals surface area contributed by atoms with Crippen LogP contribution in [0.4, 0.5) is 0 Å². The number of carboxylic acid groups (broad SMARTS) is 1. The molecule has 0 aromatic rings. The number of carbonyl (C=O) groups is 3. The molecule has 1 saturated heterocycles. The molecule has 21 heavy (non-hydrogen) atoms. The molecule has 1 rings (SSSR count). The normalized spacial score (nSPS) is 19.9. The van der Waals surface area contributed by atoms with Gasteiger partial charge < -0.3 is 15.3 Å². The van der Waals surface area contributed by atoms with Crippen molar-refractivity contribution >= 4 is 17.8 Å². The van der Waals surface area contributed by atoms with E-state index in [9.17, 15) is 19.5 Å². The van der Waals surface area contributed by atoms with Crippen LogP contribution in [0.1, 0.15) is 58.8 Å². The summed E-state index contributed by atoms with van der Waals surface area (Å²) in [6, 6.07) is -1.38. The molecule has 0 saturated carbocycles. The summed E-state index contributed by atoms with van der Waals surface area (Å²) in [5, 5.41) is 11.8. The third-order valence-corrected chi connectivity index (χ3v) is 3.89. The van der Waals surface area contributed by atoms with E-state index in [-0.39, 0.29) is 11.8 Å². The number of nitrogens with zero attached hydrogens (tertiary/aromatic N) is 1. The molecule has 0 aromatic carbocycles. The molecule has 0 spiro atoms. The molecule has 1 fully saturated rings. The summed E-state index contributed by atoms with van der Waals surface area (Å²) in [7, 11) is 0. The maximum Gasteiger partial charge on any atom is 0.326 e. The van der Waals surface area contributed by atoms with Gasteiger partial charge in [0.1, 0.15) is 12.1 Å². The Morgan fingerprint density at radius 3 is 2.57 bits per heavy atom. The molecule has 120 valence electrons. The van der Waals surface area contributed by atoms with Gasteiger partial charge >= 0.3 is 5.97 Å². The van der Waals surface area contributed by atoms with E-state index in [1.807, 2.05) is 6.92 Å². The minimum absolute atomic E-state index is 0.0460. The molecule has 6 heteroatoms. The van der Waals surface area contributed by atoms with Gasteiger partial charge in [-0.2, -0.15) is 0 Å². The lowest BCUT2D eigenvalue weighted by atomic mass is 10.00. The fourth-order valence-electron chi connectivity index (χ4n) is 2.64. The summed E-state index contributed by atoms with van der Waals surface area (Å²) < 4.78 is 0. The topological polar surface area (TPSA) is 86.7 Å². The predicted molar refractivity (Wildman–Crippen MR) is 78.7 cm³/mol. The van der Waals surface area contributed by atoms with E-state index in [4.69, 9.17) is 0 Å². The van der Waals surface area contributed by atoms with Crippen LogP contribution in [-0.2, 0) is 14.4 Å². The largest absolute Gasteiger partial charge is 0.480 e. The van der Waals surface area contributed by atoms with Gasteiger partial charge in [-0.15, -0.1) is 0 Å². The van der Waals surface area contributed by atoms with Crippen molar-refractivity contribution in [1.82, 2.24) is 10.2 Å². The highest BCUT2D eigenvalue weighted by Crippen LogP contribution is 2.18. The average molecular weight is 298 g/mol. The number of nitrogens with one attached hydrogen (secondary N) is 1. The number of carboxylic acids is 1. The number of hydrogen-bond acceptors (Lipinski definition) is 3. The molecule has 1 aliphatic rings. The van der Waals surface area contributed by atoms with Crippen LogP contribution in [0.15, 0.2) is 0 Å². The summed E-state index contributed by atoms with van der Waals surface area (Å²) in [5.74, 6) is -1.39. The summed E-state index contributed by atoms with van der Waals surface area (Å²) in [5.41, 5.74) is 0. The van der Waals surface area contributed by atoms with Gasteiger partial charge in [0, 0.05) is 13.0 Å². The Bertz CT molecular complexity index is 384. The molecule has 2 amide bonds. The standard InChI is InChI=1S/C15H26N2O4/c1-3-5-8-11(15(20)21)16-14(19)12-9-6-7-10-17(12)13(18)4-2/h11-12H,3-10H2,1-2H3,(H,16,19)(H,20,21). The van der Waals surface area contributed by atoms with Crippen LogP contribution < -0.4 is 5.32 Å². The third-order valence-electron chi connectivity index (χ3n) is 3.89. The van der Waals surface area contributed by atoms with E-state index in [0.717, 1.165) is 25.7 Å². The maximum absolute atomic E-state index is 12.3. The summed E-state index contributed by atoms with van der Waals surface area (Å²) >= 11 is 0. The lowest BCUT2D eigenvalue weighted by Crippen LogP contribution is -2.54. The molecular weight excluding hydrogens is 272 g/mol. The van der Waals surface area contributed by atoms with Crippen LogP contribution in [0, 0.1) is 0 Å². The number of carbonyl (C=O) groups excluding carboxylic acids is 2. The van der Waals surface area contributed by atoms with Gasteiger partial charge in [-0.3, -0.25) is 9.59 Å². The van der Waals surface area contributed by atoms with E-state index in [2.05, 4.69) is 5.32 Å². The van der Waals surface area contributed by atoms with Gasteiger partial charge in [0.15, 0.2) is 0 Å². The highest BCUT2D eigenvalue weighted by Gasteiger charge is 2.33. The van der Waals surface area contributed by atoms with Crippen molar-refractivity contribution in [3.05, 3.63) is 0 Å². The molecular formula is C15H26N2O4. The van der Waals surface area contributed by atoms with Crippen LogP contribution in [-0.4, -0.2) is 46.4 Å². The lowest BCUT2D eigenvalue weighted by Gasteiger charge is -2.35. The molecule has 0 bridgehead atoms. The number of piperidine rings is 1. The highest BCUT2D eigenvalue weighted by atomic mass is 16.4. The van der Waals surface area contributed by atoms with Crippen LogP contribution in [0.5, 0.6) is 0 Å².